The second-order valence-electron chi connectivity index (χ2n) is 6.68. The van der Waals surface area contributed by atoms with E-state index in [0.717, 1.165) is 41.5 Å². The first-order chi connectivity index (χ1) is 9.46. The highest BCUT2D eigenvalue weighted by atomic mass is 32.1. The fraction of sp³-hybridized carbons (Fsp3) is 0.750. The molecule has 0 aliphatic carbocycles. The minimum atomic E-state index is 0.364. The molecule has 0 saturated carbocycles. The SMILES string of the molecule is CCC(C)c1nc(N2CCCC(C)(C)CC2)sc1C=O. The van der Waals surface area contributed by atoms with Gasteiger partial charge < -0.3 is 4.90 Å². The van der Waals surface area contributed by atoms with Crippen molar-refractivity contribution in [2.24, 2.45) is 5.41 Å². The first-order valence-electron chi connectivity index (χ1n) is 7.67. The van der Waals surface area contributed by atoms with Crippen LogP contribution in [-0.2, 0) is 0 Å². The van der Waals surface area contributed by atoms with Crippen molar-refractivity contribution in [1.29, 1.82) is 0 Å². The standard InChI is InChI=1S/C16H26N2OS/c1-5-12(2)14-13(11-19)20-15(17-14)18-9-6-7-16(3,4)8-10-18/h11-12H,5-10H2,1-4H3. The topological polar surface area (TPSA) is 33.2 Å². The first-order valence-corrected chi connectivity index (χ1v) is 8.49. The number of aldehydes is 1. The number of carbonyl (C=O) groups excluding carboxylic acids is 1. The van der Waals surface area contributed by atoms with E-state index in [1.54, 1.807) is 11.3 Å². The number of hydrogen-bond donors (Lipinski definition) is 0. The van der Waals surface area contributed by atoms with Crippen LogP contribution in [0.2, 0.25) is 0 Å². The number of hydrogen-bond acceptors (Lipinski definition) is 4. The Morgan fingerprint density at radius 2 is 2.15 bits per heavy atom. The Labute approximate surface area is 126 Å². The zero-order valence-electron chi connectivity index (χ0n) is 13.1. The van der Waals surface area contributed by atoms with Gasteiger partial charge in [0, 0.05) is 13.1 Å². The summed E-state index contributed by atoms with van der Waals surface area (Å²) < 4.78 is 0. The van der Waals surface area contributed by atoms with E-state index in [9.17, 15) is 4.79 Å². The van der Waals surface area contributed by atoms with Crippen molar-refractivity contribution in [2.75, 3.05) is 18.0 Å². The molecule has 112 valence electrons. The highest BCUT2D eigenvalue weighted by Gasteiger charge is 2.25. The van der Waals surface area contributed by atoms with E-state index in [1.165, 1.54) is 19.3 Å². The van der Waals surface area contributed by atoms with Crippen molar-refractivity contribution in [3.63, 3.8) is 0 Å². The molecule has 0 N–H and O–H groups in total. The Morgan fingerprint density at radius 1 is 1.40 bits per heavy atom. The Balaban J connectivity index is 2.20. The third-order valence-electron chi connectivity index (χ3n) is 4.47. The molecule has 1 fully saturated rings. The highest BCUT2D eigenvalue weighted by molar-refractivity contribution is 7.17. The summed E-state index contributed by atoms with van der Waals surface area (Å²) in [5.41, 5.74) is 1.42. The summed E-state index contributed by atoms with van der Waals surface area (Å²) in [5.74, 6) is 0.364. The lowest BCUT2D eigenvalue weighted by Gasteiger charge is -2.23. The molecule has 0 aromatic carbocycles. The van der Waals surface area contributed by atoms with Crippen molar-refractivity contribution >= 4 is 22.8 Å². The summed E-state index contributed by atoms with van der Waals surface area (Å²) in [5, 5.41) is 1.04. The number of carbonyl (C=O) groups is 1. The zero-order valence-corrected chi connectivity index (χ0v) is 13.9. The third-order valence-corrected chi connectivity index (χ3v) is 5.52. The lowest BCUT2D eigenvalue weighted by molar-refractivity contribution is 0.112. The van der Waals surface area contributed by atoms with Crippen LogP contribution in [0.4, 0.5) is 5.13 Å². The van der Waals surface area contributed by atoms with Crippen molar-refractivity contribution < 1.29 is 4.79 Å². The van der Waals surface area contributed by atoms with Crippen LogP contribution in [0.1, 0.15) is 74.7 Å². The molecule has 3 nitrogen and oxygen atoms in total. The fourth-order valence-corrected chi connectivity index (χ4v) is 3.76. The van der Waals surface area contributed by atoms with E-state index in [4.69, 9.17) is 4.98 Å². The summed E-state index contributed by atoms with van der Waals surface area (Å²) in [6.45, 7) is 11.1. The number of nitrogens with zero attached hydrogens (tertiary/aromatic N) is 2. The van der Waals surface area contributed by atoms with Crippen molar-refractivity contribution in [3.8, 4) is 0 Å². The zero-order chi connectivity index (χ0) is 14.8. The Morgan fingerprint density at radius 3 is 2.80 bits per heavy atom. The Kier molecular flexibility index (Phi) is 4.84. The maximum atomic E-state index is 11.3. The minimum absolute atomic E-state index is 0.364. The molecular formula is C16H26N2OS. The lowest BCUT2D eigenvalue weighted by Crippen LogP contribution is -2.24. The third kappa shape index (κ3) is 3.40. The molecule has 1 atom stereocenters. The van der Waals surface area contributed by atoms with Crippen molar-refractivity contribution in [1.82, 2.24) is 4.98 Å². The summed E-state index contributed by atoms with van der Waals surface area (Å²) >= 11 is 1.57. The van der Waals surface area contributed by atoms with Gasteiger partial charge in [-0.3, -0.25) is 4.79 Å². The van der Waals surface area contributed by atoms with E-state index in [0.29, 0.717) is 11.3 Å². The fourth-order valence-electron chi connectivity index (χ4n) is 2.71. The normalized spacial score (nSPS) is 20.5. The second kappa shape index (κ2) is 6.25. The van der Waals surface area contributed by atoms with Crippen LogP contribution in [0, 0.1) is 5.41 Å². The van der Waals surface area contributed by atoms with Gasteiger partial charge in [0.15, 0.2) is 11.4 Å². The second-order valence-corrected chi connectivity index (χ2v) is 7.69. The van der Waals surface area contributed by atoms with Crippen LogP contribution in [0.25, 0.3) is 0 Å². The van der Waals surface area contributed by atoms with Crippen LogP contribution >= 0.6 is 11.3 Å². The number of anilines is 1. The average molecular weight is 294 g/mol. The molecule has 1 saturated heterocycles. The lowest BCUT2D eigenvalue weighted by atomic mass is 9.85. The largest absolute Gasteiger partial charge is 0.348 e. The summed E-state index contributed by atoms with van der Waals surface area (Å²) in [6.07, 6.45) is 5.68. The van der Waals surface area contributed by atoms with Gasteiger partial charge in [0.1, 0.15) is 0 Å². The van der Waals surface area contributed by atoms with Crippen LogP contribution in [-0.4, -0.2) is 24.4 Å². The molecule has 0 amide bonds. The molecule has 2 rings (SSSR count). The Hall–Kier alpha value is -0.900. The molecule has 1 unspecified atom stereocenters. The molecule has 0 radical (unpaired) electrons. The van der Waals surface area contributed by atoms with E-state index >= 15 is 0 Å². The monoisotopic (exact) mass is 294 g/mol. The van der Waals surface area contributed by atoms with Crippen LogP contribution in [0.15, 0.2) is 0 Å². The molecule has 4 heteroatoms. The predicted octanol–water partition coefficient (Wildman–Crippen LogP) is 4.49. The molecule has 0 bridgehead atoms. The van der Waals surface area contributed by atoms with E-state index in [1.807, 2.05) is 0 Å². The maximum Gasteiger partial charge on any atom is 0.186 e. The number of aromatic nitrogens is 1. The molecule has 2 heterocycles. The van der Waals surface area contributed by atoms with Gasteiger partial charge in [-0.1, -0.05) is 39.0 Å². The first kappa shape index (κ1) is 15.5. The minimum Gasteiger partial charge on any atom is -0.348 e. The van der Waals surface area contributed by atoms with E-state index < -0.39 is 0 Å². The van der Waals surface area contributed by atoms with Crippen molar-refractivity contribution in [3.05, 3.63) is 10.6 Å². The molecule has 1 aliphatic heterocycles. The van der Waals surface area contributed by atoms with E-state index in [-0.39, 0.29) is 0 Å². The summed E-state index contributed by atoms with van der Waals surface area (Å²) in [6, 6.07) is 0. The highest BCUT2D eigenvalue weighted by Crippen LogP contribution is 2.35. The number of rotatable bonds is 4. The van der Waals surface area contributed by atoms with Gasteiger partial charge in [-0.25, -0.2) is 4.98 Å². The van der Waals surface area contributed by atoms with Gasteiger partial charge in [0.05, 0.1) is 10.6 Å². The van der Waals surface area contributed by atoms with Gasteiger partial charge in [-0.2, -0.15) is 0 Å². The maximum absolute atomic E-state index is 11.3. The van der Waals surface area contributed by atoms with Crippen molar-refractivity contribution in [2.45, 2.75) is 59.3 Å². The molecule has 1 aromatic rings. The molecule has 1 aliphatic rings. The van der Waals surface area contributed by atoms with Gasteiger partial charge >= 0.3 is 0 Å². The smallest absolute Gasteiger partial charge is 0.186 e. The van der Waals surface area contributed by atoms with Gasteiger partial charge in [-0.05, 0) is 37.0 Å². The molecular weight excluding hydrogens is 268 g/mol. The Bertz CT molecular complexity index is 467. The summed E-state index contributed by atoms with van der Waals surface area (Å²) in [7, 11) is 0. The van der Waals surface area contributed by atoms with Crippen LogP contribution in [0.3, 0.4) is 0 Å². The van der Waals surface area contributed by atoms with Crippen LogP contribution in [0.5, 0.6) is 0 Å². The summed E-state index contributed by atoms with van der Waals surface area (Å²) in [4.78, 5) is 19.2. The quantitative estimate of drug-likeness (QED) is 0.767. The molecule has 0 spiro atoms. The average Bonchev–Trinajstić information content (AvgIpc) is 2.77. The molecule has 1 aromatic heterocycles. The molecule has 20 heavy (non-hydrogen) atoms. The van der Waals surface area contributed by atoms with E-state index in [2.05, 4.69) is 32.6 Å². The van der Waals surface area contributed by atoms with Crippen LogP contribution < -0.4 is 4.90 Å². The predicted molar refractivity (Wildman–Crippen MR) is 86.1 cm³/mol. The van der Waals surface area contributed by atoms with Gasteiger partial charge in [-0.15, -0.1) is 0 Å². The van der Waals surface area contributed by atoms with Gasteiger partial charge in [0.25, 0.3) is 0 Å². The van der Waals surface area contributed by atoms with Gasteiger partial charge in [0.2, 0.25) is 0 Å². The number of thiazole rings is 1.